The van der Waals surface area contributed by atoms with Crippen LogP contribution < -0.4 is 16.2 Å². The fourth-order valence-electron chi connectivity index (χ4n) is 2.66. The molecule has 3 heterocycles. The number of nitrogen functional groups attached to an aromatic ring is 1. The first kappa shape index (κ1) is 12.6. The molecule has 1 saturated heterocycles. The van der Waals surface area contributed by atoms with Gasteiger partial charge in [0.25, 0.3) is 0 Å². The van der Waals surface area contributed by atoms with Gasteiger partial charge in [-0.15, -0.1) is 11.3 Å². The van der Waals surface area contributed by atoms with Crippen molar-refractivity contribution in [2.45, 2.75) is 39.2 Å². The number of thiophene rings is 1. The first-order valence-electron chi connectivity index (χ1n) is 6.76. The number of nitrogens with one attached hydrogen (secondary N) is 1. The predicted molar refractivity (Wildman–Crippen MR) is 80.6 cm³/mol. The van der Waals surface area contributed by atoms with E-state index in [1.54, 1.807) is 11.3 Å². The van der Waals surface area contributed by atoms with E-state index in [4.69, 9.17) is 5.84 Å². The van der Waals surface area contributed by atoms with E-state index in [9.17, 15) is 0 Å². The molecule has 1 aliphatic rings. The smallest absolute Gasteiger partial charge is 0.240 e. The minimum absolute atomic E-state index is 0.506. The number of hydrogen-bond donors (Lipinski definition) is 2. The summed E-state index contributed by atoms with van der Waals surface area (Å²) in [6.45, 7) is 5.48. The van der Waals surface area contributed by atoms with Crippen molar-refractivity contribution >= 4 is 33.3 Å². The molecule has 1 fully saturated rings. The van der Waals surface area contributed by atoms with Crippen LogP contribution in [0, 0.1) is 0 Å². The summed E-state index contributed by atoms with van der Waals surface area (Å²) in [5, 5.41) is 1.16. The van der Waals surface area contributed by atoms with E-state index in [1.165, 1.54) is 17.7 Å². The predicted octanol–water partition coefficient (Wildman–Crippen LogP) is 2.53. The van der Waals surface area contributed by atoms with Crippen LogP contribution in [-0.2, 0) is 6.42 Å². The van der Waals surface area contributed by atoms with Gasteiger partial charge in [-0.25, -0.2) is 10.8 Å². The number of aromatic nitrogens is 2. The molecule has 19 heavy (non-hydrogen) atoms. The van der Waals surface area contributed by atoms with Gasteiger partial charge in [-0.1, -0.05) is 6.92 Å². The van der Waals surface area contributed by atoms with Crippen LogP contribution in [0.5, 0.6) is 0 Å². The van der Waals surface area contributed by atoms with Gasteiger partial charge in [-0.3, -0.25) is 5.43 Å². The number of hydrogen-bond acceptors (Lipinski definition) is 6. The van der Waals surface area contributed by atoms with E-state index < -0.39 is 0 Å². The number of nitrogens with two attached hydrogens (primary N) is 1. The van der Waals surface area contributed by atoms with Crippen LogP contribution in [0.25, 0.3) is 10.2 Å². The maximum Gasteiger partial charge on any atom is 0.240 e. The van der Waals surface area contributed by atoms with Gasteiger partial charge in [-0.05, 0) is 32.3 Å². The molecular weight excluding hydrogens is 258 g/mol. The average molecular weight is 277 g/mol. The standard InChI is InChI=1S/C13H19N5S/c1-3-9-7-10-11(18-6-4-5-8(18)2)15-13(17-14)16-12(10)19-9/h7-8H,3-6,14H2,1-2H3,(H,15,16,17). The Hall–Kier alpha value is -1.40. The van der Waals surface area contributed by atoms with Gasteiger partial charge in [0, 0.05) is 17.5 Å². The van der Waals surface area contributed by atoms with Gasteiger partial charge in [0.05, 0.1) is 5.39 Å². The summed E-state index contributed by atoms with van der Waals surface area (Å²) in [6, 6.07) is 2.76. The molecule has 0 bridgehead atoms. The van der Waals surface area contributed by atoms with E-state index in [-0.39, 0.29) is 0 Å². The largest absolute Gasteiger partial charge is 0.353 e. The third kappa shape index (κ3) is 2.15. The minimum atomic E-state index is 0.506. The Balaban J connectivity index is 2.17. The number of anilines is 2. The summed E-state index contributed by atoms with van der Waals surface area (Å²) in [7, 11) is 0. The molecule has 2 aromatic heterocycles. The van der Waals surface area contributed by atoms with Gasteiger partial charge in [-0.2, -0.15) is 4.98 Å². The van der Waals surface area contributed by atoms with Crippen molar-refractivity contribution in [3.05, 3.63) is 10.9 Å². The quantitative estimate of drug-likeness (QED) is 0.666. The Labute approximate surface area is 116 Å². The lowest BCUT2D eigenvalue weighted by atomic mass is 10.2. The van der Waals surface area contributed by atoms with Gasteiger partial charge in [0.2, 0.25) is 5.95 Å². The zero-order valence-electron chi connectivity index (χ0n) is 11.3. The first-order chi connectivity index (χ1) is 9.22. The van der Waals surface area contributed by atoms with E-state index in [0.29, 0.717) is 12.0 Å². The molecular formula is C13H19N5S. The normalized spacial score (nSPS) is 19.3. The van der Waals surface area contributed by atoms with Crippen molar-refractivity contribution in [3.8, 4) is 0 Å². The van der Waals surface area contributed by atoms with Gasteiger partial charge >= 0.3 is 0 Å². The molecule has 6 heteroatoms. The molecule has 0 spiro atoms. The number of rotatable bonds is 3. The number of fused-ring (bicyclic) bond motifs is 1. The second kappa shape index (κ2) is 4.94. The molecule has 0 saturated carbocycles. The zero-order valence-corrected chi connectivity index (χ0v) is 12.1. The second-order valence-corrected chi connectivity index (χ2v) is 6.10. The van der Waals surface area contributed by atoms with Crippen molar-refractivity contribution in [2.75, 3.05) is 16.9 Å². The molecule has 3 N–H and O–H groups in total. The highest BCUT2D eigenvalue weighted by Crippen LogP contribution is 2.35. The van der Waals surface area contributed by atoms with Crippen molar-refractivity contribution < 1.29 is 0 Å². The van der Waals surface area contributed by atoms with Gasteiger partial charge in [0.15, 0.2) is 0 Å². The Kier molecular flexibility index (Phi) is 3.28. The summed E-state index contributed by atoms with van der Waals surface area (Å²) in [4.78, 5) is 13.8. The number of nitrogens with zero attached hydrogens (tertiary/aromatic N) is 3. The average Bonchev–Trinajstić information content (AvgIpc) is 3.02. The van der Waals surface area contributed by atoms with Crippen molar-refractivity contribution in [1.82, 2.24) is 9.97 Å². The topological polar surface area (TPSA) is 67.1 Å². The van der Waals surface area contributed by atoms with E-state index in [2.05, 4.69) is 40.2 Å². The molecule has 102 valence electrons. The molecule has 1 unspecified atom stereocenters. The Morgan fingerprint density at radius 2 is 2.37 bits per heavy atom. The Bertz CT molecular complexity index is 594. The van der Waals surface area contributed by atoms with E-state index in [0.717, 1.165) is 29.0 Å². The molecule has 0 radical (unpaired) electrons. The van der Waals surface area contributed by atoms with Crippen molar-refractivity contribution in [3.63, 3.8) is 0 Å². The first-order valence-corrected chi connectivity index (χ1v) is 7.58. The monoisotopic (exact) mass is 277 g/mol. The highest BCUT2D eigenvalue weighted by molar-refractivity contribution is 7.18. The molecule has 1 aliphatic heterocycles. The number of aryl methyl sites for hydroxylation is 1. The lowest BCUT2D eigenvalue weighted by Gasteiger charge is -2.23. The van der Waals surface area contributed by atoms with Crippen LogP contribution in [0.15, 0.2) is 6.07 Å². The van der Waals surface area contributed by atoms with Crippen LogP contribution in [-0.4, -0.2) is 22.6 Å². The lowest BCUT2D eigenvalue weighted by Crippen LogP contribution is -2.28. The van der Waals surface area contributed by atoms with Gasteiger partial charge < -0.3 is 4.90 Å². The summed E-state index contributed by atoms with van der Waals surface area (Å²) < 4.78 is 0. The van der Waals surface area contributed by atoms with Crippen LogP contribution in [0.1, 0.15) is 31.6 Å². The molecule has 5 nitrogen and oxygen atoms in total. The Morgan fingerprint density at radius 3 is 3.00 bits per heavy atom. The lowest BCUT2D eigenvalue weighted by molar-refractivity contribution is 0.729. The molecule has 1 atom stereocenters. The molecule has 3 rings (SSSR count). The van der Waals surface area contributed by atoms with Crippen molar-refractivity contribution in [1.29, 1.82) is 0 Å². The van der Waals surface area contributed by atoms with Crippen LogP contribution in [0.3, 0.4) is 0 Å². The molecule has 0 aromatic carbocycles. The van der Waals surface area contributed by atoms with Crippen LogP contribution in [0.4, 0.5) is 11.8 Å². The minimum Gasteiger partial charge on any atom is -0.353 e. The molecule has 0 aliphatic carbocycles. The van der Waals surface area contributed by atoms with E-state index >= 15 is 0 Å². The zero-order chi connectivity index (χ0) is 13.4. The third-order valence-corrected chi connectivity index (χ3v) is 4.90. The maximum atomic E-state index is 5.49. The third-order valence-electron chi connectivity index (χ3n) is 3.73. The summed E-state index contributed by atoms with van der Waals surface area (Å²) >= 11 is 1.73. The molecule has 2 aromatic rings. The van der Waals surface area contributed by atoms with Crippen LogP contribution >= 0.6 is 11.3 Å². The highest BCUT2D eigenvalue weighted by Gasteiger charge is 2.25. The summed E-state index contributed by atoms with van der Waals surface area (Å²) in [5.74, 6) is 7.03. The fourth-order valence-corrected chi connectivity index (χ4v) is 3.62. The SMILES string of the molecule is CCc1cc2c(N3CCCC3C)nc(NN)nc2s1. The summed E-state index contributed by atoms with van der Waals surface area (Å²) in [5.41, 5.74) is 2.58. The maximum absolute atomic E-state index is 5.49. The Morgan fingerprint density at radius 1 is 1.53 bits per heavy atom. The highest BCUT2D eigenvalue weighted by atomic mass is 32.1. The second-order valence-electron chi connectivity index (χ2n) is 4.98. The fraction of sp³-hybridized carbons (Fsp3) is 0.538. The van der Waals surface area contributed by atoms with E-state index in [1.807, 2.05) is 0 Å². The molecule has 0 amide bonds. The summed E-state index contributed by atoms with van der Waals surface area (Å²) in [6.07, 6.45) is 3.48. The van der Waals surface area contributed by atoms with Crippen LogP contribution in [0.2, 0.25) is 0 Å². The van der Waals surface area contributed by atoms with Crippen molar-refractivity contribution in [2.24, 2.45) is 5.84 Å². The van der Waals surface area contributed by atoms with Gasteiger partial charge in [0.1, 0.15) is 10.6 Å². The number of hydrazine groups is 1.